The number of hydrogen-bond donors (Lipinski definition) is 2. The Bertz CT molecular complexity index is 400. The summed E-state index contributed by atoms with van der Waals surface area (Å²) in [6.07, 6.45) is 4.38. The maximum atomic E-state index is 10.0. The lowest BCUT2D eigenvalue weighted by Crippen LogP contribution is -2.35. The van der Waals surface area contributed by atoms with Gasteiger partial charge in [0.2, 0.25) is 0 Å². The van der Waals surface area contributed by atoms with Gasteiger partial charge in [0.05, 0.1) is 14.2 Å². The van der Waals surface area contributed by atoms with Crippen LogP contribution in [-0.2, 0) is 6.42 Å². The van der Waals surface area contributed by atoms with E-state index in [1.54, 1.807) is 26.4 Å². The van der Waals surface area contributed by atoms with E-state index >= 15 is 0 Å². The molecular formula is C14H21NO3. The smallest absolute Gasteiger partial charge is 0.167 e. The van der Waals surface area contributed by atoms with Crippen LogP contribution in [0.2, 0.25) is 0 Å². The van der Waals surface area contributed by atoms with Crippen LogP contribution in [-0.4, -0.2) is 31.9 Å². The molecule has 0 saturated carbocycles. The molecule has 1 aliphatic heterocycles. The Morgan fingerprint density at radius 1 is 1.28 bits per heavy atom. The lowest BCUT2D eigenvalue weighted by Gasteiger charge is -2.25. The minimum Gasteiger partial charge on any atom is -0.508 e. The molecule has 0 amide bonds. The average Bonchev–Trinajstić information content (AvgIpc) is 2.42. The van der Waals surface area contributed by atoms with Crippen molar-refractivity contribution in [2.75, 3.05) is 20.8 Å². The van der Waals surface area contributed by atoms with Crippen LogP contribution in [0.15, 0.2) is 12.1 Å². The SMILES string of the molecule is COc1ccc(O)c(CC2CCCCN2)c1OC. The van der Waals surface area contributed by atoms with Crippen LogP contribution in [0.3, 0.4) is 0 Å². The molecule has 0 bridgehead atoms. The molecule has 4 heteroatoms. The van der Waals surface area contributed by atoms with Crippen molar-refractivity contribution in [1.29, 1.82) is 0 Å². The Labute approximate surface area is 108 Å². The number of nitrogens with one attached hydrogen (secondary N) is 1. The van der Waals surface area contributed by atoms with E-state index in [4.69, 9.17) is 9.47 Å². The molecule has 100 valence electrons. The maximum Gasteiger partial charge on any atom is 0.167 e. The van der Waals surface area contributed by atoms with Crippen LogP contribution < -0.4 is 14.8 Å². The quantitative estimate of drug-likeness (QED) is 0.860. The van der Waals surface area contributed by atoms with Gasteiger partial charge in [-0.25, -0.2) is 0 Å². The van der Waals surface area contributed by atoms with Crippen molar-refractivity contribution < 1.29 is 14.6 Å². The minimum atomic E-state index is 0.278. The van der Waals surface area contributed by atoms with E-state index in [9.17, 15) is 5.11 Å². The van der Waals surface area contributed by atoms with Gasteiger partial charge in [-0.1, -0.05) is 6.42 Å². The second-order valence-corrected chi connectivity index (χ2v) is 4.65. The molecule has 1 aromatic carbocycles. The molecule has 1 aromatic rings. The molecule has 0 spiro atoms. The van der Waals surface area contributed by atoms with Gasteiger partial charge in [-0.3, -0.25) is 0 Å². The van der Waals surface area contributed by atoms with Gasteiger partial charge in [0.25, 0.3) is 0 Å². The molecule has 1 fully saturated rings. The summed E-state index contributed by atoms with van der Waals surface area (Å²) in [5.74, 6) is 1.59. The van der Waals surface area contributed by atoms with Crippen molar-refractivity contribution in [2.24, 2.45) is 0 Å². The van der Waals surface area contributed by atoms with E-state index < -0.39 is 0 Å². The van der Waals surface area contributed by atoms with Crippen LogP contribution in [0.5, 0.6) is 17.2 Å². The van der Waals surface area contributed by atoms with Crippen molar-refractivity contribution in [2.45, 2.75) is 31.7 Å². The first-order valence-corrected chi connectivity index (χ1v) is 6.42. The van der Waals surface area contributed by atoms with E-state index in [2.05, 4.69) is 5.32 Å². The highest BCUT2D eigenvalue weighted by molar-refractivity contribution is 5.53. The van der Waals surface area contributed by atoms with Crippen LogP contribution in [0.1, 0.15) is 24.8 Å². The molecule has 1 atom stereocenters. The molecular weight excluding hydrogens is 230 g/mol. The second kappa shape index (κ2) is 5.96. The zero-order valence-corrected chi connectivity index (χ0v) is 11.0. The number of aromatic hydroxyl groups is 1. The third kappa shape index (κ3) is 2.70. The molecule has 1 unspecified atom stereocenters. The Kier molecular flexibility index (Phi) is 4.31. The fourth-order valence-corrected chi connectivity index (χ4v) is 2.52. The first kappa shape index (κ1) is 13.0. The van der Waals surface area contributed by atoms with E-state index in [1.165, 1.54) is 12.8 Å². The van der Waals surface area contributed by atoms with Crippen molar-refractivity contribution in [3.8, 4) is 17.2 Å². The van der Waals surface area contributed by atoms with Crippen molar-refractivity contribution in [3.05, 3.63) is 17.7 Å². The summed E-state index contributed by atoms with van der Waals surface area (Å²) in [6, 6.07) is 3.80. The predicted molar refractivity (Wildman–Crippen MR) is 70.6 cm³/mol. The molecule has 0 aliphatic carbocycles. The molecule has 2 rings (SSSR count). The van der Waals surface area contributed by atoms with Crippen molar-refractivity contribution in [3.63, 3.8) is 0 Å². The number of rotatable bonds is 4. The monoisotopic (exact) mass is 251 g/mol. The number of benzene rings is 1. The summed E-state index contributed by atoms with van der Waals surface area (Å²) in [5.41, 5.74) is 0.830. The molecule has 1 heterocycles. The van der Waals surface area contributed by atoms with Gasteiger partial charge < -0.3 is 19.9 Å². The summed E-state index contributed by atoms with van der Waals surface area (Å²) in [7, 11) is 3.21. The highest BCUT2D eigenvalue weighted by atomic mass is 16.5. The van der Waals surface area contributed by atoms with Crippen molar-refractivity contribution >= 4 is 0 Å². The maximum absolute atomic E-state index is 10.0. The van der Waals surface area contributed by atoms with Gasteiger partial charge in [-0.05, 0) is 37.9 Å². The van der Waals surface area contributed by atoms with Crippen molar-refractivity contribution in [1.82, 2.24) is 5.32 Å². The van der Waals surface area contributed by atoms with Gasteiger partial charge in [-0.15, -0.1) is 0 Å². The lowest BCUT2D eigenvalue weighted by atomic mass is 9.96. The number of phenols is 1. The first-order chi connectivity index (χ1) is 8.76. The summed E-state index contributed by atoms with van der Waals surface area (Å²) < 4.78 is 10.6. The zero-order valence-electron chi connectivity index (χ0n) is 11.0. The van der Waals surface area contributed by atoms with Crippen LogP contribution in [0.25, 0.3) is 0 Å². The summed E-state index contributed by atoms with van der Waals surface area (Å²) >= 11 is 0. The standard InChI is InChI=1S/C14H21NO3/c1-17-13-7-6-12(16)11(14(13)18-2)9-10-5-3-4-8-15-10/h6-7,10,15-16H,3-5,8-9H2,1-2H3. The molecule has 1 saturated heterocycles. The number of ether oxygens (including phenoxy) is 2. The van der Waals surface area contributed by atoms with E-state index in [0.29, 0.717) is 17.5 Å². The Balaban J connectivity index is 2.24. The van der Waals surface area contributed by atoms with E-state index in [1.807, 2.05) is 0 Å². The van der Waals surface area contributed by atoms with E-state index in [-0.39, 0.29) is 5.75 Å². The fourth-order valence-electron chi connectivity index (χ4n) is 2.52. The second-order valence-electron chi connectivity index (χ2n) is 4.65. The third-order valence-electron chi connectivity index (χ3n) is 3.49. The highest BCUT2D eigenvalue weighted by Crippen LogP contribution is 2.37. The van der Waals surface area contributed by atoms with Gasteiger partial charge in [0.15, 0.2) is 11.5 Å². The van der Waals surface area contributed by atoms with Gasteiger partial charge in [0, 0.05) is 11.6 Å². The van der Waals surface area contributed by atoms with Gasteiger partial charge in [-0.2, -0.15) is 0 Å². The zero-order chi connectivity index (χ0) is 13.0. The van der Waals surface area contributed by atoms with E-state index in [0.717, 1.165) is 24.9 Å². The summed E-state index contributed by atoms with van der Waals surface area (Å²) in [5, 5.41) is 13.5. The molecule has 1 aliphatic rings. The Morgan fingerprint density at radius 3 is 2.72 bits per heavy atom. The lowest BCUT2D eigenvalue weighted by molar-refractivity contribution is 0.339. The third-order valence-corrected chi connectivity index (χ3v) is 3.49. The normalized spacial score (nSPS) is 19.6. The molecule has 2 N–H and O–H groups in total. The first-order valence-electron chi connectivity index (χ1n) is 6.42. The molecule has 0 radical (unpaired) electrons. The largest absolute Gasteiger partial charge is 0.508 e. The predicted octanol–water partition coefficient (Wildman–Crippen LogP) is 2.09. The Hall–Kier alpha value is -1.42. The van der Waals surface area contributed by atoms with Crippen LogP contribution in [0, 0.1) is 0 Å². The topological polar surface area (TPSA) is 50.7 Å². The minimum absolute atomic E-state index is 0.278. The molecule has 18 heavy (non-hydrogen) atoms. The van der Waals surface area contributed by atoms with Crippen LogP contribution >= 0.6 is 0 Å². The van der Waals surface area contributed by atoms with Gasteiger partial charge in [0.1, 0.15) is 5.75 Å². The number of phenolic OH excluding ortho intramolecular Hbond substituents is 1. The Morgan fingerprint density at radius 2 is 2.11 bits per heavy atom. The number of hydrogen-bond acceptors (Lipinski definition) is 4. The average molecular weight is 251 g/mol. The number of piperidine rings is 1. The summed E-state index contributed by atoms with van der Waals surface area (Å²) in [6.45, 7) is 1.05. The molecule has 4 nitrogen and oxygen atoms in total. The molecule has 0 aromatic heterocycles. The van der Waals surface area contributed by atoms with Gasteiger partial charge >= 0.3 is 0 Å². The fraction of sp³-hybridized carbons (Fsp3) is 0.571. The summed E-state index contributed by atoms with van der Waals surface area (Å²) in [4.78, 5) is 0. The van der Waals surface area contributed by atoms with Crippen LogP contribution in [0.4, 0.5) is 0 Å². The highest BCUT2D eigenvalue weighted by Gasteiger charge is 2.20. The number of methoxy groups -OCH3 is 2.